The molecule has 0 fully saturated rings. The third kappa shape index (κ3) is 3.81. The highest BCUT2D eigenvalue weighted by Gasteiger charge is 2.07. The summed E-state index contributed by atoms with van der Waals surface area (Å²) in [6, 6.07) is 13.6. The maximum absolute atomic E-state index is 13.3. The number of halogens is 2. The predicted octanol–water partition coefficient (Wildman–Crippen LogP) is 5.37. The van der Waals surface area contributed by atoms with Crippen molar-refractivity contribution in [3.8, 4) is 0 Å². The number of rotatable bonds is 4. The Hall–Kier alpha value is -2.66. The Labute approximate surface area is 144 Å². The molecule has 0 aliphatic carbocycles. The Morgan fingerprint density at radius 2 is 1.75 bits per heavy atom. The van der Waals surface area contributed by atoms with Crippen LogP contribution in [0.25, 0.3) is 0 Å². The average Bonchev–Trinajstić information content (AvgIpc) is 2.51. The van der Waals surface area contributed by atoms with Gasteiger partial charge in [-0.3, -0.25) is 0 Å². The van der Waals surface area contributed by atoms with Gasteiger partial charge in [0.1, 0.15) is 11.6 Å². The van der Waals surface area contributed by atoms with Crippen LogP contribution in [0.1, 0.15) is 11.3 Å². The third-order valence-electron chi connectivity index (χ3n) is 3.47. The summed E-state index contributed by atoms with van der Waals surface area (Å²) in [6.45, 7) is 3.80. The summed E-state index contributed by atoms with van der Waals surface area (Å²) < 4.78 is 13.3. The van der Waals surface area contributed by atoms with Crippen molar-refractivity contribution in [1.29, 1.82) is 0 Å². The predicted molar refractivity (Wildman–Crippen MR) is 95.9 cm³/mol. The largest absolute Gasteiger partial charge is 0.340 e. The molecular weight excluding hydrogens is 327 g/mol. The van der Waals surface area contributed by atoms with Crippen LogP contribution in [-0.2, 0) is 0 Å². The summed E-state index contributed by atoms with van der Waals surface area (Å²) in [7, 11) is 0. The number of aryl methyl sites for hydroxylation is 1. The van der Waals surface area contributed by atoms with Crippen molar-refractivity contribution < 1.29 is 4.39 Å². The van der Waals surface area contributed by atoms with Crippen molar-refractivity contribution in [2.24, 2.45) is 0 Å². The number of hydrogen-bond acceptors (Lipinski definition) is 4. The smallest absolute Gasteiger partial charge is 0.229 e. The van der Waals surface area contributed by atoms with Crippen molar-refractivity contribution in [3.63, 3.8) is 0 Å². The van der Waals surface area contributed by atoms with E-state index in [4.69, 9.17) is 11.6 Å². The molecule has 0 saturated heterocycles. The van der Waals surface area contributed by atoms with Gasteiger partial charge in [-0.25, -0.2) is 9.37 Å². The lowest BCUT2D eigenvalue weighted by molar-refractivity contribution is 0.628. The molecule has 0 radical (unpaired) electrons. The van der Waals surface area contributed by atoms with Crippen LogP contribution < -0.4 is 10.6 Å². The number of nitrogens with one attached hydrogen (secondary N) is 2. The first kappa shape index (κ1) is 16.2. The summed E-state index contributed by atoms with van der Waals surface area (Å²) in [5.74, 6) is 0.704. The van der Waals surface area contributed by atoms with Crippen LogP contribution in [0.3, 0.4) is 0 Å². The molecule has 1 aromatic heterocycles. The van der Waals surface area contributed by atoms with Gasteiger partial charge in [-0.05, 0) is 49.7 Å². The van der Waals surface area contributed by atoms with Crippen LogP contribution in [0.2, 0.25) is 5.02 Å². The number of aromatic nitrogens is 2. The molecule has 4 nitrogen and oxygen atoms in total. The normalized spacial score (nSPS) is 10.5. The van der Waals surface area contributed by atoms with E-state index in [0.29, 0.717) is 22.5 Å². The van der Waals surface area contributed by atoms with Gasteiger partial charge in [-0.1, -0.05) is 23.7 Å². The molecule has 2 N–H and O–H groups in total. The zero-order valence-electron chi connectivity index (χ0n) is 13.3. The molecule has 0 aliphatic heterocycles. The molecule has 0 spiro atoms. The second-order valence-electron chi connectivity index (χ2n) is 5.39. The molecule has 1 heterocycles. The summed E-state index contributed by atoms with van der Waals surface area (Å²) in [4.78, 5) is 8.76. The fourth-order valence-corrected chi connectivity index (χ4v) is 2.44. The van der Waals surface area contributed by atoms with Crippen LogP contribution >= 0.6 is 11.6 Å². The highest BCUT2D eigenvalue weighted by molar-refractivity contribution is 6.31. The molecular formula is C18H16ClFN4. The minimum Gasteiger partial charge on any atom is -0.340 e. The molecule has 0 amide bonds. The fourth-order valence-electron chi connectivity index (χ4n) is 2.26. The summed E-state index contributed by atoms with van der Waals surface area (Å²) in [5.41, 5.74) is 3.18. The van der Waals surface area contributed by atoms with E-state index in [2.05, 4.69) is 20.6 Å². The molecule has 0 unspecified atom stereocenters. The Bertz CT molecular complexity index is 883. The molecule has 0 aliphatic rings. The maximum atomic E-state index is 13.3. The van der Waals surface area contributed by atoms with Crippen molar-refractivity contribution in [1.82, 2.24) is 9.97 Å². The van der Waals surface area contributed by atoms with Crippen molar-refractivity contribution in [2.45, 2.75) is 13.8 Å². The average molecular weight is 343 g/mol. The van der Waals surface area contributed by atoms with E-state index in [1.807, 2.05) is 38.1 Å². The lowest BCUT2D eigenvalue weighted by atomic mass is 10.2. The topological polar surface area (TPSA) is 49.8 Å². The molecule has 3 aromatic rings. The molecule has 0 atom stereocenters. The van der Waals surface area contributed by atoms with E-state index in [1.165, 1.54) is 12.1 Å². The Morgan fingerprint density at radius 3 is 2.54 bits per heavy atom. The number of nitrogens with zero attached hydrogens (tertiary/aromatic N) is 2. The number of anilines is 4. The van der Waals surface area contributed by atoms with E-state index in [1.54, 1.807) is 12.1 Å². The van der Waals surface area contributed by atoms with Gasteiger partial charge < -0.3 is 10.6 Å². The summed E-state index contributed by atoms with van der Waals surface area (Å²) in [6.07, 6.45) is 0. The van der Waals surface area contributed by atoms with Gasteiger partial charge in [-0.2, -0.15) is 4.98 Å². The second-order valence-corrected chi connectivity index (χ2v) is 5.80. The van der Waals surface area contributed by atoms with Gasteiger partial charge in [0.25, 0.3) is 0 Å². The highest BCUT2D eigenvalue weighted by atomic mass is 35.5. The zero-order chi connectivity index (χ0) is 17.1. The van der Waals surface area contributed by atoms with Crippen molar-refractivity contribution in [2.75, 3.05) is 10.6 Å². The van der Waals surface area contributed by atoms with Gasteiger partial charge in [0.15, 0.2) is 0 Å². The SMILES string of the molecule is Cc1cc(Nc2cccc(Cl)c2C)nc(Nc2cccc(F)c2)n1. The monoisotopic (exact) mass is 342 g/mol. The van der Waals surface area contributed by atoms with E-state index < -0.39 is 0 Å². The first-order chi connectivity index (χ1) is 11.5. The highest BCUT2D eigenvalue weighted by Crippen LogP contribution is 2.26. The van der Waals surface area contributed by atoms with Crippen LogP contribution in [0.15, 0.2) is 48.5 Å². The van der Waals surface area contributed by atoms with E-state index >= 15 is 0 Å². The van der Waals surface area contributed by atoms with Crippen LogP contribution in [0.4, 0.5) is 27.5 Å². The number of hydrogen-bond donors (Lipinski definition) is 2. The Balaban J connectivity index is 1.87. The van der Waals surface area contributed by atoms with E-state index in [9.17, 15) is 4.39 Å². The minimum absolute atomic E-state index is 0.319. The molecule has 0 bridgehead atoms. The number of benzene rings is 2. The van der Waals surface area contributed by atoms with Crippen molar-refractivity contribution in [3.05, 3.63) is 70.6 Å². The molecule has 2 aromatic carbocycles. The Morgan fingerprint density at radius 1 is 0.958 bits per heavy atom. The second kappa shape index (κ2) is 6.84. The van der Waals surface area contributed by atoms with Gasteiger partial charge in [-0.15, -0.1) is 0 Å². The van der Waals surface area contributed by atoms with Crippen LogP contribution in [-0.4, -0.2) is 9.97 Å². The zero-order valence-corrected chi connectivity index (χ0v) is 14.0. The van der Waals surface area contributed by atoms with Gasteiger partial charge in [0.05, 0.1) is 0 Å². The molecule has 24 heavy (non-hydrogen) atoms. The van der Waals surface area contributed by atoms with Crippen molar-refractivity contribution >= 4 is 34.7 Å². The summed E-state index contributed by atoms with van der Waals surface area (Å²) >= 11 is 6.14. The first-order valence-corrected chi connectivity index (χ1v) is 7.79. The molecule has 0 saturated carbocycles. The Kier molecular flexibility index (Phi) is 4.62. The minimum atomic E-state index is -0.319. The van der Waals surface area contributed by atoms with Crippen LogP contribution in [0.5, 0.6) is 0 Å². The maximum Gasteiger partial charge on any atom is 0.229 e. The summed E-state index contributed by atoms with van der Waals surface area (Å²) in [5, 5.41) is 6.94. The van der Waals surface area contributed by atoms with Gasteiger partial charge >= 0.3 is 0 Å². The van der Waals surface area contributed by atoms with Gasteiger partial charge in [0.2, 0.25) is 5.95 Å². The molecule has 122 valence electrons. The van der Waals surface area contributed by atoms with E-state index in [-0.39, 0.29) is 5.82 Å². The lowest BCUT2D eigenvalue weighted by Gasteiger charge is -2.12. The quantitative estimate of drug-likeness (QED) is 0.669. The van der Waals surface area contributed by atoms with Crippen LogP contribution in [0, 0.1) is 19.7 Å². The standard InChI is InChI=1S/C18H16ClFN4/c1-11-9-17(23-16-8-4-7-15(19)12(16)2)24-18(21-11)22-14-6-3-5-13(20)10-14/h3-10H,1-2H3,(H2,21,22,23,24). The fraction of sp³-hybridized carbons (Fsp3) is 0.111. The third-order valence-corrected chi connectivity index (χ3v) is 3.87. The van der Waals surface area contributed by atoms with E-state index in [0.717, 1.165) is 16.9 Å². The molecule has 3 rings (SSSR count). The van der Waals surface area contributed by atoms with Gasteiger partial charge in [0, 0.05) is 28.2 Å². The molecule has 6 heteroatoms. The lowest BCUT2D eigenvalue weighted by Crippen LogP contribution is -2.03. The first-order valence-electron chi connectivity index (χ1n) is 7.42.